The molecule has 2 amide bonds. The first-order valence-corrected chi connectivity index (χ1v) is 14.4. The molecule has 0 N–H and O–H groups in total. The normalized spacial score (nSPS) is 15.2. The molecule has 0 bridgehead atoms. The quantitative estimate of drug-likeness (QED) is 0.579. The molecule has 0 saturated carbocycles. The average Bonchev–Trinajstić information content (AvgIpc) is 2.70. The summed E-state index contributed by atoms with van der Waals surface area (Å²) in [5, 5.41) is 0.567. The first-order chi connectivity index (χ1) is 8.99. The molecule has 0 aromatic heterocycles. The van der Waals surface area contributed by atoms with Gasteiger partial charge in [0, 0.05) is 0 Å². The molecular weight excluding hydrogens is 353 g/mol. The van der Waals surface area contributed by atoms with Gasteiger partial charge < -0.3 is 0 Å². The van der Waals surface area contributed by atoms with Crippen molar-refractivity contribution in [3.05, 3.63) is 29.8 Å². The van der Waals surface area contributed by atoms with Gasteiger partial charge in [-0.25, -0.2) is 0 Å². The predicted molar refractivity (Wildman–Crippen MR) is 71.5 cm³/mol. The van der Waals surface area contributed by atoms with E-state index in [-0.39, 0.29) is 12.8 Å². The van der Waals surface area contributed by atoms with Crippen LogP contribution in [0.2, 0.25) is 9.88 Å². The number of amides is 2. The predicted octanol–water partition coefficient (Wildman–Crippen LogP) is 0.601. The minimum atomic E-state index is -1.55. The summed E-state index contributed by atoms with van der Waals surface area (Å²) >= 11 is -1.55. The van der Waals surface area contributed by atoms with E-state index < -0.39 is 37.5 Å². The van der Waals surface area contributed by atoms with E-state index in [1.54, 1.807) is 12.1 Å². The Morgan fingerprint density at radius 1 is 1.11 bits per heavy atom. The summed E-state index contributed by atoms with van der Waals surface area (Å²) < 4.78 is 1.31. The standard InChI is InChI=1S/C11H8NO4.2CH3.Sn.H/c13-9-6-7-10(14)12(9)16-11(15)8-4-2-1-3-5-8;;;;/h2-5H,6-7H2;2*1H3;;. The summed E-state index contributed by atoms with van der Waals surface area (Å²) in [7, 11) is 0. The zero-order valence-electron chi connectivity index (χ0n) is 10.9. The Morgan fingerprint density at radius 2 is 1.63 bits per heavy atom. The zero-order chi connectivity index (χ0) is 14.0. The van der Waals surface area contributed by atoms with Gasteiger partial charge in [0.15, 0.2) is 0 Å². The topological polar surface area (TPSA) is 63.7 Å². The molecule has 5 nitrogen and oxygen atoms in total. The van der Waals surface area contributed by atoms with Crippen LogP contribution in [0.4, 0.5) is 0 Å². The van der Waals surface area contributed by atoms with Gasteiger partial charge in [-0.1, -0.05) is 0 Å². The molecule has 0 radical (unpaired) electrons. The number of hydrogen-bond acceptors (Lipinski definition) is 4. The summed E-state index contributed by atoms with van der Waals surface area (Å²) in [6, 6.07) is 7.20. The molecule has 1 aliphatic heterocycles. The van der Waals surface area contributed by atoms with Crippen molar-refractivity contribution in [3.63, 3.8) is 0 Å². The van der Waals surface area contributed by atoms with Crippen molar-refractivity contribution < 1.29 is 19.2 Å². The molecule has 0 atom stereocenters. The molecule has 0 spiro atoms. The molecule has 1 heterocycles. The van der Waals surface area contributed by atoms with Crippen molar-refractivity contribution in [2.24, 2.45) is 0 Å². The molecular formula is C13H15NO4Sn. The first kappa shape index (κ1) is 14.0. The van der Waals surface area contributed by atoms with Crippen LogP contribution in [0.3, 0.4) is 0 Å². The second-order valence-corrected chi connectivity index (χ2v) is 13.2. The number of hydroxylamine groups is 2. The number of carbonyl (C=O) groups excluding carboxylic acids is 3. The average molecular weight is 368 g/mol. The van der Waals surface area contributed by atoms with Crippen molar-refractivity contribution in [2.75, 3.05) is 0 Å². The van der Waals surface area contributed by atoms with Gasteiger partial charge in [0.2, 0.25) is 0 Å². The van der Waals surface area contributed by atoms with Gasteiger partial charge in [-0.2, -0.15) is 0 Å². The van der Waals surface area contributed by atoms with Gasteiger partial charge in [0.05, 0.1) is 0 Å². The molecule has 1 aliphatic rings. The zero-order valence-corrected chi connectivity index (χ0v) is 14.2. The number of imide groups is 1. The van der Waals surface area contributed by atoms with Gasteiger partial charge in [-0.15, -0.1) is 0 Å². The van der Waals surface area contributed by atoms with Crippen molar-refractivity contribution in [3.8, 4) is 0 Å². The van der Waals surface area contributed by atoms with Crippen molar-refractivity contribution in [1.82, 2.24) is 5.06 Å². The van der Waals surface area contributed by atoms with Crippen LogP contribution < -0.4 is 3.58 Å². The van der Waals surface area contributed by atoms with Crippen LogP contribution in [0.15, 0.2) is 24.3 Å². The Labute approximate surface area is 118 Å². The SMILES string of the molecule is [CH3][SnH]([CH3])[c]1ccc(C(=O)ON2C(=O)CCC2=O)cc1. The van der Waals surface area contributed by atoms with Gasteiger partial charge in [0.1, 0.15) is 0 Å². The van der Waals surface area contributed by atoms with E-state index in [1.807, 2.05) is 12.1 Å². The number of rotatable bonds is 3. The summed E-state index contributed by atoms with van der Waals surface area (Å²) in [6.45, 7) is 0. The van der Waals surface area contributed by atoms with Crippen LogP contribution >= 0.6 is 0 Å². The molecule has 1 aromatic rings. The Balaban J connectivity index is 2.07. The van der Waals surface area contributed by atoms with Crippen molar-refractivity contribution in [2.45, 2.75) is 22.7 Å². The fourth-order valence-electron chi connectivity index (χ4n) is 1.80. The third kappa shape index (κ3) is 3.15. The number of carbonyl (C=O) groups is 3. The van der Waals surface area contributed by atoms with Crippen LogP contribution in [0.5, 0.6) is 0 Å². The molecule has 1 saturated heterocycles. The van der Waals surface area contributed by atoms with Gasteiger partial charge in [-0.3, -0.25) is 0 Å². The molecule has 1 fully saturated rings. The summed E-state index contributed by atoms with van der Waals surface area (Å²) in [4.78, 5) is 43.8. The van der Waals surface area contributed by atoms with Crippen LogP contribution in [-0.4, -0.2) is 42.6 Å². The van der Waals surface area contributed by atoms with E-state index >= 15 is 0 Å². The molecule has 0 aliphatic carbocycles. The van der Waals surface area contributed by atoms with E-state index in [9.17, 15) is 14.4 Å². The van der Waals surface area contributed by atoms with Crippen molar-refractivity contribution >= 4 is 41.1 Å². The summed E-state index contributed by atoms with van der Waals surface area (Å²) in [6.07, 6.45) is 0.208. The van der Waals surface area contributed by atoms with Crippen molar-refractivity contribution in [1.29, 1.82) is 0 Å². The number of hydrogen-bond donors (Lipinski definition) is 0. The van der Waals surface area contributed by atoms with Crippen LogP contribution in [-0.2, 0) is 14.4 Å². The Bertz CT molecular complexity index is 508. The van der Waals surface area contributed by atoms with Gasteiger partial charge in [-0.05, 0) is 0 Å². The summed E-state index contributed by atoms with van der Waals surface area (Å²) in [5.74, 6) is -1.60. The first-order valence-electron chi connectivity index (χ1n) is 6.17. The summed E-state index contributed by atoms with van der Waals surface area (Å²) in [5.41, 5.74) is 0.350. The maximum absolute atomic E-state index is 11.8. The fraction of sp³-hybridized carbons (Fsp3) is 0.308. The second-order valence-electron chi connectivity index (χ2n) is 4.74. The van der Waals surface area contributed by atoms with Crippen LogP contribution in [0.1, 0.15) is 23.2 Å². The second kappa shape index (κ2) is 5.73. The molecule has 19 heavy (non-hydrogen) atoms. The molecule has 100 valence electrons. The Morgan fingerprint density at radius 3 is 2.11 bits per heavy atom. The maximum atomic E-state index is 11.8. The third-order valence-electron chi connectivity index (χ3n) is 2.99. The van der Waals surface area contributed by atoms with Crippen LogP contribution in [0.25, 0.3) is 0 Å². The monoisotopic (exact) mass is 369 g/mol. The number of benzene rings is 1. The van der Waals surface area contributed by atoms with E-state index in [2.05, 4.69) is 9.88 Å². The molecule has 0 unspecified atom stereocenters. The minimum absolute atomic E-state index is 0.104. The van der Waals surface area contributed by atoms with E-state index in [0.29, 0.717) is 10.6 Å². The molecule has 2 rings (SSSR count). The van der Waals surface area contributed by atoms with E-state index in [1.165, 1.54) is 3.58 Å². The van der Waals surface area contributed by atoms with E-state index in [0.717, 1.165) is 0 Å². The molecule has 6 heteroatoms. The Kier molecular flexibility index (Phi) is 4.23. The molecule has 1 aromatic carbocycles. The van der Waals surface area contributed by atoms with E-state index in [4.69, 9.17) is 4.84 Å². The number of nitrogens with zero attached hydrogens (tertiary/aromatic N) is 1. The third-order valence-corrected chi connectivity index (χ3v) is 7.90. The fourth-order valence-corrected chi connectivity index (χ4v) is 4.54. The van der Waals surface area contributed by atoms with Crippen LogP contribution in [0, 0.1) is 0 Å². The van der Waals surface area contributed by atoms with Gasteiger partial charge in [0.25, 0.3) is 0 Å². The van der Waals surface area contributed by atoms with Gasteiger partial charge >= 0.3 is 118 Å². The Hall–Kier alpha value is -1.37.